The molecule has 1 atom stereocenters. The molecule has 20 heavy (non-hydrogen) atoms. The predicted molar refractivity (Wildman–Crippen MR) is 69.7 cm³/mol. The summed E-state index contributed by atoms with van der Waals surface area (Å²) in [5, 5.41) is 8.95. The van der Waals surface area contributed by atoms with Crippen molar-refractivity contribution in [2.24, 2.45) is 0 Å². The summed E-state index contributed by atoms with van der Waals surface area (Å²) in [6.07, 6.45) is 0.170. The minimum atomic E-state index is -4.16. The average molecular weight is 323 g/mol. The number of rotatable bonds is 4. The molecule has 1 aliphatic rings. The monoisotopic (exact) mass is 323 g/mol. The van der Waals surface area contributed by atoms with Crippen LogP contribution in [0.5, 0.6) is 0 Å². The number of nitrogens with one attached hydrogen (secondary N) is 1. The highest BCUT2D eigenvalue weighted by Crippen LogP contribution is 2.19. The maximum atomic E-state index is 13.6. The average Bonchev–Trinajstić information content (AvgIpc) is 2.68. The van der Waals surface area contributed by atoms with E-state index >= 15 is 0 Å². The number of aliphatic hydroxyl groups excluding tert-OH is 1. The topological polar surface area (TPSA) is 101 Å². The van der Waals surface area contributed by atoms with Gasteiger partial charge in [0.05, 0.1) is 18.1 Å². The summed E-state index contributed by atoms with van der Waals surface area (Å²) in [6.45, 7) is -0.416. The molecule has 0 bridgehead atoms. The molecule has 2 N–H and O–H groups in total. The van der Waals surface area contributed by atoms with E-state index in [1.807, 2.05) is 0 Å². The molecule has 0 saturated carbocycles. The Hall–Kier alpha value is -1.03. The lowest BCUT2D eigenvalue weighted by Crippen LogP contribution is -2.36. The van der Waals surface area contributed by atoms with Gasteiger partial charge in [-0.2, -0.15) is 0 Å². The molecular weight excluding hydrogens is 309 g/mol. The molecule has 2 rings (SSSR count). The van der Waals surface area contributed by atoms with Gasteiger partial charge in [-0.15, -0.1) is 0 Å². The van der Waals surface area contributed by atoms with Gasteiger partial charge in [-0.3, -0.25) is 0 Å². The molecule has 0 spiro atoms. The smallest absolute Gasteiger partial charge is 0.243 e. The molecule has 1 heterocycles. The molecule has 1 aromatic carbocycles. The summed E-state index contributed by atoms with van der Waals surface area (Å²) in [7, 11) is -7.39. The van der Waals surface area contributed by atoms with Gasteiger partial charge in [-0.05, 0) is 24.1 Å². The summed E-state index contributed by atoms with van der Waals surface area (Å²) in [6, 6.07) is 2.50. The molecule has 1 saturated heterocycles. The molecule has 1 fully saturated rings. The molecule has 6 nitrogen and oxygen atoms in total. The maximum absolute atomic E-state index is 13.6. The fourth-order valence-corrected chi connectivity index (χ4v) is 5.20. The van der Waals surface area contributed by atoms with E-state index in [0.717, 1.165) is 12.1 Å². The van der Waals surface area contributed by atoms with Crippen LogP contribution in [0.2, 0.25) is 0 Å². The number of benzene rings is 1. The van der Waals surface area contributed by atoms with Crippen molar-refractivity contribution >= 4 is 19.9 Å². The maximum Gasteiger partial charge on any atom is 0.243 e. The third kappa shape index (κ3) is 3.35. The van der Waals surface area contributed by atoms with Gasteiger partial charge >= 0.3 is 0 Å². The SMILES string of the molecule is O=S1(=O)CCC(NS(=O)(=O)c2cc(CO)ccc2F)C1. The first-order valence-electron chi connectivity index (χ1n) is 5.85. The number of aliphatic hydroxyl groups is 1. The van der Waals surface area contributed by atoms with Crippen LogP contribution in [0.1, 0.15) is 12.0 Å². The highest BCUT2D eigenvalue weighted by atomic mass is 32.2. The van der Waals surface area contributed by atoms with Crippen molar-refractivity contribution < 1.29 is 26.3 Å². The van der Waals surface area contributed by atoms with Crippen LogP contribution in [0.3, 0.4) is 0 Å². The zero-order valence-corrected chi connectivity index (χ0v) is 12.0. The van der Waals surface area contributed by atoms with E-state index < -0.39 is 43.2 Å². The van der Waals surface area contributed by atoms with Crippen molar-refractivity contribution in [3.63, 3.8) is 0 Å². The molecule has 112 valence electrons. The van der Waals surface area contributed by atoms with E-state index in [4.69, 9.17) is 5.11 Å². The van der Waals surface area contributed by atoms with Gasteiger partial charge in [0, 0.05) is 6.04 Å². The Kier molecular flexibility index (Phi) is 4.14. The van der Waals surface area contributed by atoms with Crippen molar-refractivity contribution in [2.75, 3.05) is 11.5 Å². The van der Waals surface area contributed by atoms with Crippen molar-refractivity contribution in [1.82, 2.24) is 4.72 Å². The van der Waals surface area contributed by atoms with Crippen LogP contribution in [-0.2, 0) is 26.5 Å². The second-order valence-electron chi connectivity index (χ2n) is 4.64. The van der Waals surface area contributed by atoms with Crippen LogP contribution >= 0.6 is 0 Å². The molecule has 9 heteroatoms. The van der Waals surface area contributed by atoms with Crippen molar-refractivity contribution in [3.8, 4) is 0 Å². The van der Waals surface area contributed by atoms with Gasteiger partial charge in [0.1, 0.15) is 10.7 Å². The Balaban J connectivity index is 2.27. The zero-order chi connectivity index (χ0) is 15.0. The quantitative estimate of drug-likeness (QED) is 0.798. The molecule has 0 aliphatic carbocycles. The Morgan fingerprint density at radius 1 is 1.40 bits per heavy atom. The molecule has 1 aromatic rings. The number of hydrogen-bond donors (Lipinski definition) is 2. The Labute approximate surface area is 116 Å². The van der Waals surface area contributed by atoms with Crippen LogP contribution < -0.4 is 4.72 Å². The standard InChI is InChI=1S/C11H14FNO5S2/c12-10-2-1-8(6-14)5-11(10)20(17,18)13-9-3-4-19(15,16)7-9/h1-2,5,9,13-14H,3-4,6-7H2. The summed E-state index contributed by atoms with van der Waals surface area (Å²) in [4.78, 5) is -0.589. The van der Waals surface area contributed by atoms with Gasteiger partial charge in [0.2, 0.25) is 10.0 Å². The molecule has 1 unspecified atom stereocenters. The minimum Gasteiger partial charge on any atom is -0.392 e. The fourth-order valence-electron chi connectivity index (χ4n) is 2.02. The molecular formula is C11H14FNO5S2. The van der Waals surface area contributed by atoms with Crippen LogP contribution in [0.25, 0.3) is 0 Å². The van der Waals surface area contributed by atoms with Crippen molar-refractivity contribution in [2.45, 2.75) is 24.0 Å². The lowest BCUT2D eigenvalue weighted by Gasteiger charge is -2.12. The summed E-state index contributed by atoms with van der Waals surface area (Å²) in [5.41, 5.74) is 0.255. The van der Waals surface area contributed by atoms with Gasteiger partial charge in [-0.25, -0.2) is 25.9 Å². The Bertz CT molecular complexity index is 714. The van der Waals surface area contributed by atoms with Crippen LogP contribution in [0.4, 0.5) is 4.39 Å². The summed E-state index contributed by atoms with van der Waals surface area (Å²) in [5.74, 6) is -1.32. The molecule has 1 aliphatic heterocycles. The van der Waals surface area contributed by atoms with Gasteiger partial charge in [-0.1, -0.05) is 6.07 Å². The van der Waals surface area contributed by atoms with E-state index in [1.54, 1.807) is 0 Å². The zero-order valence-electron chi connectivity index (χ0n) is 10.4. The molecule has 0 amide bonds. The fraction of sp³-hybridized carbons (Fsp3) is 0.455. The van der Waals surface area contributed by atoms with E-state index in [0.29, 0.717) is 0 Å². The van der Waals surface area contributed by atoms with E-state index in [2.05, 4.69) is 4.72 Å². The molecule has 0 aromatic heterocycles. The Morgan fingerprint density at radius 2 is 2.10 bits per heavy atom. The third-order valence-electron chi connectivity index (χ3n) is 3.02. The summed E-state index contributed by atoms with van der Waals surface area (Å²) < 4.78 is 62.5. The first-order valence-corrected chi connectivity index (χ1v) is 9.16. The van der Waals surface area contributed by atoms with Gasteiger partial charge in [0.15, 0.2) is 9.84 Å². The largest absolute Gasteiger partial charge is 0.392 e. The highest BCUT2D eigenvalue weighted by Gasteiger charge is 2.32. The second kappa shape index (κ2) is 5.40. The van der Waals surface area contributed by atoms with E-state index in [1.165, 1.54) is 6.07 Å². The van der Waals surface area contributed by atoms with Gasteiger partial charge < -0.3 is 5.11 Å². The van der Waals surface area contributed by atoms with Crippen molar-refractivity contribution in [3.05, 3.63) is 29.6 Å². The van der Waals surface area contributed by atoms with Gasteiger partial charge in [0.25, 0.3) is 0 Å². The lowest BCUT2D eigenvalue weighted by molar-refractivity contribution is 0.281. The molecule has 0 radical (unpaired) electrons. The lowest BCUT2D eigenvalue weighted by atomic mass is 10.2. The number of halogens is 1. The third-order valence-corrected chi connectivity index (χ3v) is 6.33. The van der Waals surface area contributed by atoms with Crippen LogP contribution in [0.15, 0.2) is 23.1 Å². The van der Waals surface area contributed by atoms with Crippen molar-refractivity contribution in [1.29, 1.82) is 0 Å². The highest BCUT2D eigenvalue weighted by molar-refractivity contribution is 7.92. The predicted octanol–water partition coefficient (Wildman–Crippen LogP) is -0.217. The van der Waals surface area contributed by atoms with Crippen LogP contribution in [0, 0.1) is 5.82 Å². The van der Waals surface area contributed by atoms with E-state index in [9.17, 15) is 21.2 Å². The number of hydrogen-bond acceptors (Lipinski definition) is 5. The minimum absolute atomic E-state index is 0.0840. The first-order chi connectivity index (χ1) is 9.23. The van der Waals surface area contributed by atoms with E-state index in [-0.39, 0.29) is 23.5 Å². The number of sulfone groups is 1. The van der Waals surface area contributed by atoms with Crippen LogP contribution in [-0.4, -0.2) is 39.5 Å². The second-order valence-corrected chi connectivity index (χ2v) is 8.56. The first kappa shape index (κ1) is 15.4. The Morgan fingerprint density at radius 3 is 2.65 bits per heavy atom. The number of sulfonamides is 1. The summed E-state index contributed by atoms with van der Waals surface area (Å²) >= 11 is 0. The normalized spacial score (nSPS) is 22.0.